The lowest BCUT2D eigenvalue weighted by atomic mass is 9.90. The first-order chi connectivity index (χ1) is 14.6. The normalized spacial score (nSPS) is 11.7. The van der Waals surface area contributed by atoms with Gasteiger partial charge in [0.1, 0.15) is 22.1 Å². The number of aromatic nitrogens is 2. The predicted octanol–water partition coefficient (Wildman–Crippen LogP) is 3.44. The van der Waals surface area contributed by atoms with E-state index >= 15 is 0 Å². The molecule has 0 saturated carbocycles. The van der Waals surface area contributed by atoms with Crippen LogP contribution in [0.1, 0.15) is 46.6 Å². The Hall–Kier alpha value is -2.84. The van der Waals surface area contributed by atoms with Gasteiger partial charge in [0.05, 0.1) is 0 Å². The lowest BCUT2D eigenvalue weighted by Crippen LogP contribution is -2.17. The van der Waals surface area contributed by atoms with Crippen molar-refractivity contribution in [2.24, 2.45) is 12.8 Å². The van der Waals surface area contributed by atoms with Crippen molar-refractivity contribution in [3.05, 3.63) is 70.2 Å². The summed E-state index contributed by atoms with van der Waals surface area (Å²) in [5, 5.41) is 4.34. The third kappa shape index (κ3) is 4.31. The fourth-order valence-corrected chi connectivity index (χ4v) is 4.91. The van der Waals surface area contributed by atoms with Crippen LogP contribution in [0, 0.1) is 5.82 Å². The molecule has 0 radical (unpaired) electrons. The summed E-state index contributed by atoms with van der Waals surface area (Å²) in [5.41, 5.74) is 9.39. The third-order valence-corrected chi connectivity index (χ3v) is 6.42. The molecule has 1 aromatic heterocycles. The number of carbonyl (C=O) groups excluding carboxylic acids is 1. The molecular weight excluding hydrogens is 417 g/mol. The molecule has 0 bridgehead atoms. The maximum atomic E-state index is 13.8. The Morgan fingerprint density at radius 1 is 1.10 bits per heavy atom. The van der Waals surface area contributed by atoms with Crippen molar-refractivity contribution in [1.29, 1.82) is 0 Å². The van der Waals surface area contributed by atoms with Crippen LogP contribution in [0.2, 0.25) is 0 Å². The quantitative estimate of drug-likeness (QED) is 0.565. The van der Waals surface area contributed by atoms with Gasteiger partial charge in [0.15, 0.2) is 9.84 Å². The highest BCUT2D eigenvalue weighted by molar-refractivity contribution is 7.91. The summed E-state index contributed by atoms with van der Waals surface area (Å²) >= 11 is 0. The van der Waals surface area contributed by atoms with E-state index in [-0.39, 0.29) is 16.3 Å². The van der Waals surface area contributed by atoms with Crippen molar-refractivity contribution in [3.8, 4) is 11.3 Å². The van der Waals surface area contributed by atoms with Gasteiger partial charge in [-0.2, -0.15) is 5.10 Å². The van der Waals surface area contributed by atoms with Crippen LogP contribution in [-0.4, -0.2) is 30.2 Å². The molecule has 0 aliphatic carbocycles. The molecule has 3 rings (SSSR count). The van der Waals surface area contributed by atoms with Crippen LogP contribution in [0.4, 0.5) is 4.39 Å². The monoisotopic (exact) mass is 443 g/mol. The zero-order valence-electron chi connectivity index (χ0n) is 18.1. The van der Waals surface area contributed by atoms with Gasteiger partial charge in [-0.25, -0.2) is 12.8 Å². The highest BCUT2D eigenvalue weighted by atomic mass is 32.2. The molecule has 3 aromatic rings. The lowest BCUT2D eigenvalue weighted by molar-refractivity contribution is 0.102. The van der Waals surface area contributed by atoms with Crippen molar-refractivity contribution < 1.29 is 17.6 Å². The number of ketones is 1. The summed E-state index contributed by atoms with van der Waals surface area (Å²) in [4.78, 5) is 13.6. The first-order valence-electron chi connectivity index (χ1n) is 10.0. The number of benzene rings is 2. The van der Waals surface area contributed by atoms with E-state index in [1.54, 1.807) is 7.05 Å². The fraction of sp³-hybridized carbons (Fsp3) is 0.304. The molecule has 0 aliphatic rings. The molecular formula is C23H26FN3O3S. The minimum atomic E-state index is -3.82. The molecule has 31 heavy (non-hydrogen) atoms. The van der Waals surface area contributed by atoms with E-state index in [4.69, 9.17) is 5.73 Å². The Bertz CT molecular complexity index is 1220. The summed E-state index contributed by atoms with van der Waals surface area (Å²) in [6.45, 7) is 4.23. The molecule has 2 aromatic carbocycles. The van der Waals surface area contributed by atoms with Crippen LogP contribution in [0.3, 0.4) is 0 Å². The van der Waals surface area contributed by atoms with Gasteiger partial charge < -0.3 is 5.73 Å². The molecule has 8 heteroatoms. The van der Waals surface area contributed by atoms with Gasteiger partial charge >= 0.3 is 0 Å². The molecule has 1 heterocycles. The van der Waals surface area contributed by atoms with Gasteiger partial charge in [-0.15, -0.1) is 0 Å². The van der Waals surface area contributed by atoms with Gasteiger partial charge in [0, 0.05) is 31.0 Å². The molecule has 164 valence electrons. The lowest BCUT2D eigenvalue weighted by Gasteiger charge is -2.15. The average Bonchev–Trinajstić information content (AvgIpc) is 3.10. The smallest absolute Gasteiger partial charge is 0.212 e. The van der Waals surface area contributed by atoms with Gasteiger partial charge in [-0.05, 0) is 53.8 Å². The average molecular weight is 444 g/mol. The van der Waals surface area contributed by atoms with Crippen LogP contribution in [0.5, 0.6) is 0 Å². The first kappa shape index (κ1) is 22.8. The molecule has 0 amide bonds. The van der Waals surface area contributed by atoms with Crippen molar-refractivity contribution in [1.82, 2.24) is 9.78 Å². The number of aryl methyl sites for hydroxylation is 3. The summed E-state index contributed by atoms with van der Waals surface area (Å²) in [7, 11) is -2.28. The van der Waals surface area contributed by atoms with Gasteiger partial charge in [0.2, 0.25) is 5.78 Å². The fourth-order valence-electron chi connectivity index (χ4n) is 3.83. The molecule has 0 spiro atoms. The summed E-state index contributed by atoms with van der Waals surface area (Å²) in [6.07, 6.45) is 2.24. The topological polar surface area (TPSA) is 95.1 Å². The molecule has 2 N–H and O–H groups in total. The van der Waals surface area contributed by atoms with E-state index in [1.807, 2.05) is 26.0 Å². The number of nitrogens with zero attached hydrogens (tertiary/aromatic N) is 2. The first-order valence-corrected chi connectivity index (χ1v) is 11.9. The van der Waals surface area contributed by atoms with Crippen molar-refractivity contribution in [3.63, 3.8) is 0 Å². The zero-order valence-corrected chi connectivity index (χ0v) is 18.9. The molecule has 6 nitrogen and oxygen atoms in total. The minimum Gasteiger partial charge on any atom is -0.326 e. The van der Waals surface area contributed by atoms with Gasteiger partial charge in [-0.3, -0.25) is 9.48 Å². The van der Waals surface area contributed by atoms with E-state index in [2.05, 4.69) is 5.10 Å². The standard InChI is InChI=1S/C23H26FN3O3S/c1-5-15-11-14(13-25)12-16(6-2)19(15)22(28)21-23(31(4,29)30)20(26-27(21)3)17-7-9-18(24)10-8-17/h7-12H,5-6,13,25H2,1-4H3. The predicted molar refractivity (Wildman–Crippen MR) is 118 cm³/mol. The van der Waals surface area contributed by atoms with Crippen molar-refractivity contribution in [2.75, 3.05) is 6.26 Å². The largest absolute Gasteiger partial charge is 0.326 e. The summed E-state index contributed by atoms with van der Waals surface area (Å²) in [5.74, 6) is -0.849. The van der Waals surface area contributed by atoms with Crippen LogP contribution in [0.15, 0.2) is 41.3 Å². The number of halogens is 1. The maximum absolute atomic E-state index is 13.8. The summed E-state index contributed by atoms with van der Waals surface area (Å²) < 4.78 is 40.2. The van der Waals surface area contributed by atoms with Crippen molar-refractivity contribution in [2.45, 2.75) is 38.1 Å². The maximum Gasteiger partial charge on any atom is 0.212 e. The highest BCUT2D eigenvalue weighted by Gasteiger charge is 2.32. The SMILES string of the molecule is CCc1cc(CN)cc(CC)c1C(=O)c1c(S(C)(=O)=O)c(-c2ccc(F)cc2)nn1C. The molecule has 0 atom stereocenters. The number of carbonyl (C=O) groups is 1. The van der Waals surface area contributed by atoms with Crippen LogP contribution in [-0.2, 0) is 36.3 Å². The van der Waals surface area contributed by atoms with Crippen LogP contribution in [0.25, 0.3) is 11.3 Å². The number of sulfone groups is 1. The Kier molecular flexibility index (Phi) is 6.43. The second-order valence-electron chi connectivity index (χ2n) is 7.46. The van der Waals surface area contributed by atoms with Crippen LogP contribution < -0.4 is 5.73 Å². The molecule has 0 saturated heterocycles. The molecule has 0 aliphatic heterocycles. The number of nitrogens with two attached hydrogens (primary N) is 1. The van der Waals surface area contributed by atoms with Gasteiger partial charge in [-0.1, -0.05) is 26.0 Å². The Morgan fingerprint density at radius 3 is 2.10 bits per heavy atom. The number of rotatable bonds is 7. The zero-order chi connectivity index (χ0) is 22.9. The second kappa shape index (κ2) is 8.72. The molecule has 0 unspecified atom stereocenters. The van der Waals surface area contributed by atoms with E-state index in [9.17, 15) is 17.6 Å². The number of hydrogen-bond donors (Lipinski definition) is 1. The van der Waals surface area contributed by atoms with Crippen molar-refractivity contribution >= 4 is 15.6 Å². The summed E-state index contributed by atoms with van der Waals surface area (Å²) in [6, 6.07) is 9.14. The molecule has 0 fully saturated rings. The Balaban J connectivity index is 2.32. The van der Waals surface area contributed by atoms with Crippen LogP contribution >= 0.6 is 0 Å². The van der Waals surface area contributed by atoms with E-state index < -0.39 is 21.4 Å². The van der Waals surface area contributed by atoms with Gasteiger partial charge in [0.25, 0.3) is 0 Å². The van der Waals surface area contributed by atoms with E-state index in [0.717, 1.165) is 22.9 Å². The minimum absolute atomic E-state index is 0.00766. The second-order valence-corrected chi connectivity index (χ2v) is 9.41. The van der Waals surface area contributed by atoms with E-state index in [1.165, 1.54) is 28.9 Å². The Morgan fingerprint density at radius 2 is 1.65 bits per heavy atom. The van der Waals surface area contributed by atoms with E-state index in [0.29, 0.717) is 30.5 Å². The Labute approximate surface area is 181 Å². The third-order valence-electron chi connectivity index (χ3n) is 5.29. The highest BCUT2D eigenvalue weighted by Crippen LogP contribution is 2.32. The number of hydrogen-bond acceptors (Lipinski definition) is 5.